The number of furan rings is 1. The number of fused-ring (bicyclic) bond motifs is 1. The van der Waals surface area contributed by atoms with Gasteiger partial charge < -0.3 is 23.7 Å². The van der Waals surface area contributed by atoms with Crippen LogP contribution in [0.15, 0.2) is 46.9 Å². The minimum absolute atomic E-state index is 0.0459. The van der Waals surface area contributed by atoms with E-state index in [1.165, 1.54) is 25.3 Å². The van der Waals surface area contributed by atoms with Crippen molar-refractivity contribution in [2.24, 2.45) is 5.41 Å². The molecule has 0 bridgehead atoms. The Hall–Kier alpha value is -4.08. The Kier molecular flexibility index (Phi) is 6.03. The van der Waals surface area contributed by atoms with Gasteiger partial charge in [-0.2, -0.15) is 0 Å². The summed E-state index contributed by atoms with van der Waals surface area (Å²) < 4.78 is 16.4. The molecule has 2 aliphatic heterocycles. The van der Waals surface area contributed by atoms with E-state index in [1.807, 2.05) is 4.90 Å². The van der Waals surface area contributed by atoms with Crippen LogP contribution in [0.3, 0.4) is 0 Å². The number of likely N-dealkylation sites (tertiary alicyclic amines) is 2. The monoisotopic (exact) mass is 493 g/mol. The number of nitrogens with zero attached hydrogens (tertiary/aromatic N) is 3. The number of hydrogen-bond acceptors (Lipinski definition) is 7. The molecule has 10 nitrogen and oxygen atoms in total. The van der Waals surface area contributed by atoms with Gasteiger partial charge in [0.05, 0.1) is 24.7 Å². The second-order valence-corrected chi connectivity index (χ2v) is 9.43. The number of methoxy groups -OCH3 is 2. The van der Waals surface area contributed by atoms with E-state index in [0.717, 1.165) is 19.3 Å². The van der Waals surface area contributed by atoms with Crippen molar-refractivity contribution in [2.45, 2.75) is 19.3 Å². The molecule has 0 N–H and O–H groups in total. The van der Waals surface area contributed by atoms with Crippen molar-refractivity contribution in [3.8, 4) is 11.5 Å². The van der Waals surface area contributed by atoms with E-state index in [-0.39, 0.29) is 28.7 Å². The van der Waals surface area contributed by atoms with Gasteiger partial charge in [-0.3, -0.25) is 19.7 Å². The third-order valence-electron chi connectivity index (χ3n) is 7.40. The Balaban J connectivity index is 1.25. The fraction of sp³-hybridized carbons (Fsp3) is 0.385. The topological polar surface area (TPSA) is 115 Å². The maximum absolute atomic E-state index is 13.2. The number of rotatable bonds is 5. The zero-order chi connectivity index (χ0) is 25.4. The molecule has 3 aromatic rings. The van der Waals surface area contributed by atoms with Crippen LogP contribution in [0.5, 0.6) is 11.5 Å². The summed E-state index contributed by atoms with van der Waals surface area (Å²) in [5.41, 5.74) is 0.824. The zero-order valence-corrected chi connectivity index (χ0v) is 20.2. The van der Waals surface area contributed by atoms with Crippen LogP contribution < -0.4 is 9.47 Å². The normalized spacial score (nSPS) is 16.9. The number of nitro benzene ring substituents is 1. The second-order valence-electron chi connectivity index (χ2n) is 9.43. The number of hydrogen-bond donors (Lipinski definition) is 0. The third kappa shape index (κ3) is 4.23. The number of carbonyl (C=O) groups is 2. The standard InChI is InChI=1S/C26H27N3O7/c1-34-19-4-6-22(35-2)20(15-19)24(30)27-10-7-26(8-11-27)9-12-28(16-26)25(31)23-14-17-13-18(29(32)33)3-5-21(17)36-23/h3-6,13-15H,7-12,16H2,1-2H3. The largest absolute Gasteiger partial charge is 0.497 e. The molecule has 0 aliphatic carbocycles. The first kappa shape index (κ1) is 23.7. The second kappa shape index (κ2) is 9.18. The lowest BCUT2D eigenvalue weighted by atomic mass is 9.77. The third-order valence-corrected chi connectivity index (χ3v) is 7.40. The highest BCUT2D eigenvalue weighted by Crippen LogP contribution is 2.41. The van der Waals surface area contributed by atoms with Gasteiger partial charge in [0.2, 0.25) is 0 Å². The number of ether oxygens (including phenoxy) is 2. The first-order valence-electron chi connectivity index (χ1n) is 11.8. The number of non-ortho nitro benzene ring substituents is 1. The molecule has 1 aromatic heterocycles. The summed E-state index contributed by atoms with van der Waals surface area (Å²) in [5, 5.41) is 11.6. The van der Waals surface area contributed by atoms with Gasteiger partial charge in [-0.25, -0.2) is 0 Å². The molecule has 0 atom stereocenters. The van der Waals surface area contributed by atoms with Crippen LogP contribution >= 0.6 is 0 Å². The average Bonchev–Trinajstić information content (AvgIpc) is 3.52. The molecule has 3 heterocycles. The minimum atomic E-state index is -0.473. The Morgan fingerprint density at radius 2 is 1.67 bits per heavy atom. The molecule has 2 fully saturated rings. The predicted octanol–water partition coefficient (Wildman–Crippen LogP) is 4.13. The summed E-state index contributed by atoms with van der Waals surface area (Å²) in [6.45, 7) is 2.38. The van der Waals surface area contributed by atoms with Gasteiger partial charge in [0, 0.05) is 43.7 Å². The maximum atomic E-state index is 13.2. The minimum Gasteiger partial charge on any atom is -0.497 e. The Morgan fingerprint density at radius 1 is 0.944 bits per heavy atom. The molecule has 36 heavy (non-hydrogen) atoms. The summed E-state index contributed by atoms with van der Waals surface area (Å²) in [5.74, 6) is 0.973. The number of nitro groups is 1. The van der Waals surface area contributed by atoms with E-state index in [2.05, 4.69) is 0 Å². The van der Waals surface area contributed by atoms with Crippen molar-refractivity contribution in [1.29, 1.82) is 0 Å². The van der Waals surface area contributed by atoms with E-state index in [9.17, 15) is 19.7 Å². The molecule has 188 valence electrons. The smallest absolute Gasteiger partial charge is 0.289 e. The molecule has 10 heteroatoms. The molecule has 0 unspecified atom stereocenters. The van der Waals surface area contributed by atoms with Crippen molar-refractivity contribution < 1.29 is 28.4 Å². The number of carbonyl (C=O) groups excluding carboxylic acids is 2. The van der Waals surface area contributed by atoms with Crippen molar-refractivity contribution in [2.75, 3.05) is 40.4 Å². The lowest BCUT2D eigenvalue weighted by Gasteiger charge is -2.39. The van der Waals surface area contributed by atoms with Crippen molar-refractivity contribution >= 4 is 28.5 Å². The van der Waals surface area contributed by atoms with Crippen LogP contribution in [0.4, 0.5) is 5.69 Å². The summed E-state index contributed by atoms with van der Waals surface area (Å²) in [6.07, 6.45) is 2.44. The molecule has 2 aromatic carbocycles. The van der Waals surface area contributed by atoms with E-state index in [1.54, 1.807) is 36.3 Å². The van der Waals surface area contributed by atoms with Crippen LogP contribution in [0.2, 0.25) is 0 Å². The van der Waals surface area contributed by atoms with Gasteiger partial charge in [0.25, 0.3) is 17.5 Å². The van der Waals surface area contributed by atoms with Gasteiger partial charge in [-0.1, -0.05) is 0 Å². The summed E-state index contributed by atoms with van der Waals surface area (Å²) in [4.78, 5) is 40.6. The van der Waals surface area contributed by atoms with Gasteiger partial charge in [-0.15, -0.1) is 0 Å². The molecule has 2 aliphatic rings. The molecular weight excluding hydrogens is 466 g/mol. The first-order chi connectivity index (χ1) is 17.3. The van der Waals surface area contributed by atoms with E-state index in [4.69, 9.17) is 13.9 Å². The highest BCUT2D eigenvalue weighted by atomic mass is 16.6. The van der Waals surface area contributed by atoms with E-state index >= 15 is 0 Å². The van der Waals surface area contributed by atoms with Gasteiger partial charge in [-0.05, 0) is 55.0 Å². The highest BCUT2D eigenvalue weighted by Gasteiger charge is 2.43. The highest BCUT2D eigenvalue weighted by molar-refractivity contribution is 5.98. The number of amides is 2. The Labute approximate surface area is 207 Å². The SMILES string of the molecule is COc1ccc(OC)c(C(=O)N2CCC3(CCN(C(=O)c4cc5cc([N+](=O)[O-])ccc5o4)C3)CC2)c1. The van der Waals surface area contributed by atoms with Crippen LogP contribution in [0.25, 0.3) is 11.0 Å². The molecular formula is C26H27N3O7. The number of benzene rings is 2. The lowest BCUT2D eigenvalue weighted by molar-refractivity contribution is -0.384. The summed E-state index contributed by atoms with van der Waals surface area (Å²) >= 11 is 0. The quantitative estimate of drug-likeness (QED) is 0.388. The molecule has 2 amide bonds. The summed E-state index contributed by atoms with van der Waals surface area (Å²) in [6, 6.07) is 11.0. The van der Waals surface area contributed by atoms with Crippen LogP contribution in [-0.4, -0.2) is 66.9 Å². The zero-order valence-electron chi connectivity index (χ0n) is 20.2. The number of piperidine rings is 1. The Morgan fingerprint density at radius 3 is 2.33 bits per heavy atom. The van der Waals surface area contributed by atoms with Crippen LogP contribution in [0, 0.1) is 15.5 Å². The molecule has 5 rings (SSSR count). The molecule has 1 spiro atoms. The first-order valence-corrected chi connectivity index (χ1v) is 11.8. The van der Waals surface area contributed by atoms with Crippen molar-refractivity contribution in [3.63, 3.8) is 0 Å². The van der Waals surface area contributed by atoms with E-state index in [0.29, 0.717) is 54.2 Å². The van der Waals surface area contributed by atoms with Gasteiger partial charge in [0.1, 0.15) is 17.1 Å². The molecule has 0 radical (unpaired) electrons. The summed E-state index contributed by atoms with van der Waals surface area (Å²) in [7, 11) is 3.10. The van der Waals surface area contributed by atoms with Crippen molar-refractivity contribution in [1.82, 2.24) is 9.80 Å². The predicted molar refractivity (Wildman–Crippen MR) is 131 cm³/mol. The molecule has 0 saturated carbocycles. The average molecular weight is 494 g/mol. The van der Waals surface area contributed by atoms with Crippen molar-refractivity contribution in [3.05, 3.63) is 63.9 Å². The molecule has 2 saturated heterocycles. The fourth-order valence-corrected chi connectivity index (χ4v) is 5.26. The van der Waals surface area contributed by atoms with E-state index < -0.39 is 4.92 Å². The Bertz CT molecular complexity index is 1340. The van der Waals surface area contributed by atoms with Crippen LogP contribution in [0.1, 0.15) is 40.2 Å². The lowest BCUT2D eigenvalue weighted by Crippen LogP contribution is -2.44. The van der Waals surface area contributed by atoms with Gasteiger partial charge >= 0.3 is 0 Å². The fourth-order valence-electron chi connectivity index (χ4n) is 5.26. The maximum Gasteiger partial charge on any atom is 0.289 e. The van der Waals surface area contributed by atoms with Crippen LogP contribution in [-0.2, 0) is 0 Å². The van der Waals surface area contributed by atoms with Gasteiger partial charge in [0.15, 0.2) is 5.76 Å².